The van der Waals surface area contributed by atoms with E-state index in [0.717, 1.165) is 0 Å². The average Bonchev–Trinajstić information content (AvgIpc) is 1.58. The normalized spacial score (nSPS) is 9.30. The highest BCUT2D eigenvalue weighted by molar-refractivity contribution is 8.05. The number of ether oxygens (including phenoxy) is 1. The van der Waals surface area contributed by atoms with Crippen molar-refractivity contribution in [3.8, 4) is 0 Å². The van der Waals surface area contributed by atoms with Crippen LogP contribution in [0.1, 0.15) is 13.8 Å². The summed E-state index contributed by atoms with van der Waals surface area (Å²) >= 11 is 7.57. The van der Waals surface area contributed by atoms with Crippen LogP contribution < -0.4 is 0 Å². The zero-order valence-electron chi connectivity index (χ0n) is 5.87. The van der Waals surface area contributed by atoms with E-state index in [1.807, 2.05) is 0 Å². The summed E-state index contributed by atoms with van der Waals surface area (Å²) in [6.07, 6.45) is 1.12. The molecular weight excluding hydrogens is 168 g/mol. The van der Waals surface area contributed by atoms with Gasteiger partial charge in [0.1, 0.15) is 0 Å². The smallest absolute Gasteiger partial charge is 0.332 e. The van der Waals surface area contributed by atoms with Gasteiger partial charge < -0.3 is 4.74 Å². The maximum absolute atomic E-state index is 10.7. The van der Waals surface area contributed by atoms with E-state index in [0.29, 0.717) is 4.24 Å². The maximum Gasteiger partial charge on any atom is 0.332 e. The number of hydrogen-bond acceptors (Lipinski definition) is 4. The molecule has 0 aromatic carbocycles. The van der Waals surface area contributed by atoms with E-state index >= 15 is 0 Å². The Bertz CT molecular complexity index is 148. The zero-order valence-corrected chi connectivity index (χ0v) is 7.65. The Morgan fingerprint density at radius 1 is 1.50 bits per heavy atom. The lowest BCUT2D eigenvalue weighted by Gasteiger charge is -2.03. The van der Waals surface area contributed by atoms with Crippen LogP contribution in [0.5, 0.6) is 0 Å². The lowest BCUT2D eigenvalue weighted by molar-refractivity contribution is -0.141. The Kier molecular flexibility index (Phi) is 4.64. The molecule has 0 rings (SSSR count). The largest absolute Gasteiger partial charge is 0.460 e. The van der Waals surface area contributed by atoms with Gasteiger partial charge in [0.15, 0.2) is 0 Å². The van der Waals surface area contributed by atoms with Crippen molar-refractivity contribution in [2.45, 2.75) is 20.0 Å². The monoisotopic (exact) mass is 178 g/mol. The lowest BCUT2D eigenvalue weighted by Crippen LogP contribution is -2.08. The van der Waals surface area contributed by atoms with Crippen molar-refractivity contribution >= 4 is 31.2 Å². The van der Waals surface area contributed by atoms with Gasteiger partial charge >= 0.3 is 5.97 Å². The molecule has 0 heterocycles. The van der Waals surface area contributed by atoms with E-state index in [1.165, 1.54) is 6.08 Å². The molecule has 0 saturated heterocycles. The van der Waals surface area contributed by atoms with Gasteiger partial charge in [-0.15, -0.1) is 25.3 Å². The van der Waals surface area contributed by atoms with Crippen LogP contribution in [-0.2, 0) is 9.53 Å². The van der Waals surface area contributed by atoms with Gasteiger partial charge in [-0.25, -0.2) is 4.79 Å². The predicted octanol–water partition coefficient (Wildman–Crippen LogP) is 1.64. The van der Waals surface area contributed by atoms with Crippen LogP contribution in [0.25, 0.3) is 0 Å². The fraction of sp³-hybridized carbons (Fsp3) is 0.500. The minimum absolute atomic E-state index is 0.0928. The fourth-order valence-corrected chi connectivity index (χ4v) is 0.583. The Labute approximate surface area is 71.5 Å². The predicted molar refractivity (Wildman–Crippen MR) is 47.3 cm³/mol. The first-order valence-corrected chi connectivity index (χ1v) is 3.72. The number of hydrogen-bond donors (Lipinski definition) is 2. The topological polar surface area (TPSA) is 26.3 Å². The summed E-state index contributed by atoms with van der Waals surface area (Å²) in [4.78, 5) is 10.7. The molecule has 0 atom stereocenters. The molecule has 0 bridgehead atoms. The Balaban J connectivity index is 3.76. The van der Waals surface area contributed by atoms with Crippen LogP contribution in [0.15, 0.2) is 10.3 Å². The summed E-state index contributed by atoms with van der Waals surface area (Å²) in [6, 6.07) is 0. The number of esters is 1. The molecule has 0 aromatic heterocycles. The van der Waals surface area contributed by atoms with Crippen molar-refractivity contribution in [3.63, 3.8) is 0 Å². The summed E-state index contributed by atoms with van der Waals surface area (Å²) < 4.78 is 5.10. The first-order valence-electron chi connectivity index (χ1n) is 2.82. The van der Waals surface area contributed by atoms with Crippen LogP contribution in [0.4, 0.5) is 0 Å². The summed E-state index contributed by atoms with van der Waals surface area (Å²) in [6.45, 7) is 3.56. The van der Waals surface area contributed by atoms with Crippen LogP contribution in [-0.4, -0.2) is 12.1 Å². The van der Waals surface area contributed by atoms with Gasteiger partial charge in [-0.1, -0.05) is 0 Å². The van der Waals surface area contributed by atoms with Crippen molar-refractivity contribution < 1.29 is 9.53 Å². The molecule has 0 aliphatic rings. The summed E-state index contributed by atoms with van der Waals surface area (Å²) in [5, 5.41) is 0. The minimum atomic E-state index is -0.407. The molecule has 0 saturated carbocycles. The first-order chi connectivity index (χ1) is 4.52. The second-order valence-electron chi connectivity index (χ2n) is 1.99. The first kappa shape index (κ1) is 9.91. The summed E-state index contributed by atoms with van der Waals surface area (Å²) in [5.41, 5.74) is 0. The molecule has 0 aromatic rings. The molecule has 0 unspecified atom stereocenters. The molecule has 4 heteroatoms. The minimum Gasteiger partial charge on any atom is -0.460 e. The maximum atomic E-state index is 10.7. The highest BCUT2D eigenvalue weighted by Crippen LogP contribution is 2.04. The van der Waals surface area contributed by atoms with E-state index in [-0.39, 0.29) is 6.10 Å². The van der Waals surface area contributed by atoms with E-state index in [1.54, 1.807) is 13.8 Å². The Morgan fingerprint density at radius 3 is 2.30 bits per heavy atom. The van der Waals surface area contributed by atoms with Gasteiger partial charge in [0.25, 0.3) is 0 Å². The van der Waals surface area contributed by atoms with Crippen molar-refractivity contribution in [1.29, 1.82) is 0 Å². The van der Waals surface area contributed by atoms with Gasteiger partial charge in [0.05, 0.1) is 6.10 Å². The fourth-order valence-electron chi connectivity index (χ4n) is 0.372. The third-order valence-electron chi connectivity index (χ3n) is 0.599. The van der Waals surface area contributed by atoms with Crippen molar-refractivity contribution in [1.82, 2.24) is 0 Å². The van der Waals surface area contributed by atoms with Crippen LogP contribution >= 0.6 is 25.3 Å². The number of thiol groups is 2. The van der Waals surface area contributed by atoms with Gasteiger partial charge in [0, 0.05) is 10.3 Å². The third kappa shape index (κ3) is 6.04. The molecule has 0 fully saturated rings. The average molecular weight is 178 g/mol. The van der Waals surface area contributed by atoms with Crippen molar-refractivity contribution in [3.05, 3.63) is 10.3 Å². The zero-order chi connectivity index (χ0) is 8.15. The van der Waals surface area contributed by atoms with Gasteiger partial charge in [-0.05, 0) is 13.8 Å². The van der Waals surface area contributed by atoms with Crippen LogP contribution in [0.2, 0.25) is 0 Å². The molecule has 0 spiro atoms. The van der Waals surface area contributed by atoms with E-state index in [9.17, 15) is 4.79 Å². The number of carbonyl (C=O) groups excluding carboxylic acids is 1. The molecule has 58 valence electrons. The lowest BCUT2D eigenvalue weighted by atomic mass is 10.5. The molecule has 0 amide bonds. The highest BCUT2D eigenvalue weighted by Gasteiger charge is 2.00. The van der Waals surface area contributed by atoms with Crippen molar-refractivity contribution in [2.75, 3.05) is 0 Å². The quantitative estimate of drug-likeness (QED) is 0.382. The second-order valence-corrected chi connectivity index (χ2v) is 3.30. The number of carbonyl (C=O) groups is 1. The molecular formula is C6H10O2S2. The van der Waals surface area contributed by atoms with E-state index < -0.39 is 5.97 Å². The Hall–Kier alpha value is -0.0900. The van der Waals surface area contributed by atoms with Crippen LogP contribution in [0, 0.1) is 0 Å². The van der Waals surface area contributed by atoms with E-state index in [2.05, 4.69) is 25.3 Å². The molecule has 0 N–H and O–H groups in total. The molecule has 10 heavy (non-hydrogen) atoms. The summed E-state index contributed by atoms with van der Waals surface area (Å²) in [5.74, 6) is -0.407. The number of rotatable bonds is 2. The summed E-state index contributed by atoms with van der Waals surface area (Å²) in [7, 11) is 0. The van der Waals surface area contributed by atoms with Crippen LogP contribution in [0.3, 0.4) is 0 Å². The molecule has 0 aliphatic carbocycles. The third-order valence-corrected chi connectivity index (χ3v) is 0.857. The van der Waals surface area contributed by atoms with Gasteiger partial charge in [-0.3, -0.25) is 0 Å². The van der Waals surface area contributed by atoms with E-state index in [4.69, 9.17) is 4.74 Å². The van der Waals surface area contributed by atoms with Gasteiger partial charge in [0.2, 0.25) is 0 Å². The molecule has 0 radical (unpaired) electrons. The Morgan fingerprint density at radius 2 is 2.00 bits per heavy atom. The highest BCUT2D eigenvalue weighted by atomic mass is 32.2. The molecule has 2 nitrogen and oxygen atoms in total. The standard InChI is InChI=1S/C6H10O2S2/c1-4(2)8-5(7)3-6(9)10/h3-4,9-10H,1-2H3. The van der Waals surface area contributed by atoms with Gasteiger partial charge in [-0.2, -0.15) is 0 Å². The van der Waals surface area contributed by atoms with Crippen molar-refractivity contribution in [2.24, 2.45) is 0 Å². The molecule has 0 aliphatic heterocycles. The second kappa shape index (κ2) is 4.68. The SMILES string of the molecule is CC(C)OC(=O)C=C(S)S.